The second-order valence-corrected chi connectivity index (χ2v) is 5.16. The molecule has 2 aliphatic heterocycles. The number of benzene rings is 1. The summed E-state index contributed by atoms with van der Waals surface area (Å²) in [6, 6.07) is 1.96. The molecule has 2 aliphatic rings. The summed E-state index contributed by atoms with van der Waals surface area (Å²) < 4.78 is 38.3. The highest BCUT2D eigenvalue weighted by molar-refractivity contribution is 5.93. The average Bonchev–Trinajstić information content (AvgIpc) is 2.90. The molecule has 0 aromatic heterocycles. The van der Waals surface area contributed by atoms with Gasteiger partial charge in [-0.1, -0.05) is 0 Å². The lowest BCUT2D eigenvalue weighted by Gasteiger charge is -2.29. The summed E-state index contributed by atoms with van der Waals surface area (Å²) in [6.45, 7) is 1.08. The highest BCUT2D eigenvalue weighted by Gasteiger charge is 2.34. The van der Waals surface area contributed by atoms with E-state index < -0.39 is 29.8 Å². The van der Waals surface area contributed by atoms with Crippen LogP contribution in [0.1, 0.15) is 0 Å². The number of morpholine rings is 1. The molecule has 124 valence electrons. The van der Waals surface area contributed by atoms with Gasteiger partial charge in [0.2, 0.25) is 0 Å². The highest BCUT2D eigenvalue weighted by Crippen LogP contribution is 2.31. The van der Waals surface area contributed by atoms with E-state index in [1.165, 1.54) is 4.90 Å². The van der Waals surface area contributed by atoms with Crippen LogP contribution in [0, 0.1) is 11.6 Å². The Balaban J connectivity index is 1.88. The molecule has 3 rings (SSSR count). The minimum Gasteiger partial charge on any atom is -0.546 e. The van der Waals surface area contributed by atoms with Crippen molar-refractivity contribution in [2.45, 2.75) is 6.10 Å². The van der Waals surface area contributed by atoms with Crippen molar-refractivity contribution < 1.29 is 33.0 Å². The third-order valence-corrected chi connectivity index (χ3v) is 3.72. The van der Waals surface area contributed by atoms with E-state index in [9.17, 15) is 23.5 Å². The molecule has 1 aromatic carbocycles. The van der Waals surface area contributed by atoms with E-state index in [-0.39, 0.29) is 17.9 Å². The number of carboxylic acids is 1. The van der Waals surface area contributed by atoms with Gasteiger partial charge in [0.15, 0.2) is 17.7 Å². The van der Waals surface area contributed by atoms with E-state index in [4.69, 9.17) is 4.74 Å². The van der Waals surface area contributed by atoms with Crippen LogP contribution in [0.5, 0.6) is 0 Å². The zero-order chi connectivity index (χ0) is 16.6. The van der Waals surface area contributed by atoms with Crippen LogP contribution in [0.4, 0.5) is 25.0 Å². The van der Waals surface area contributed by atoms with Gasteiger partial charge in [0.05, 0.1) is 31.4 Å². The van der Waals surface area contributed by atoms with Gasteiger partial charge >= 0.3 is 6.09 Å². The first-order chi connectivity index (χ1) is 11.0. The van der Waals surface area contributed by atoms with Crippen molar-refractivity contribution in [2.24, 2.45) is 0 Å². The molecule has 0 spiro atoms. The summed E-state index contributed by atoms with van der Waals surface area (Å²) in [5, 5.41) is 10.7. The third kappa shape index (κ3) is 2.91. The predicted molar refractivity (Wildman–Crippen MR) is 72.0 cm³/mol. The van der Waals surface area contributed by atoms with Crippen LogP contribution in [-0.2, 0) is 14.3 Å². The second kappa shape index (κ2) is 5.99. The van der Waals surface area contributed by atoms with Crippen LogP contribution >= 0.6 is 0 Å². The van der Waals surface area contributed by atoms with Crippen molar-refractivity contribution in [1.82, 2.24) is 0 Å². The molecule has 1 unspecified atom stereocenters. The Hall–Kier alpha value is -2.42. The number of aliphatic carboxylic acids is 1. The number of hydrogen-bond acceptors (Lipinski definition) is 6. The summed E-state index contributed by atoms with van der Waals surface area (Å²) >= 11 is 0. The number of carbonyl (C=O) groups is 2. The molecule has 2 saturated heterocycles. The van der Waals surface area contributed by atoms with Crippen molar-refractivity contribution in [3.63, 3.8) is 0 Å². The van der Waals surface area contributed by atoms with Gasteiger partial charge in [-0.25, -0.2) is 13.6 Å². The summed E-state index contributed by atoms with van der Waals surface area (Å²) in [5.74, 6) is -3.25. The van der Waals surface area contributed by atoms with Crippen LogP contribution in [0.2, 0.25) is 0 Å². The Kier molecular flexibility index (Phi) is 4.03. The van der Waals surface area contributed by atoms with Crippen LogP contribution in [0.25, 0.3) is 0 Å². The summed E-state index contributed by atoms with van der Waals surface area (Å²) in [7, 11) is 0. The van der Waals surface area contributed by atoms with E-state index in [1.54, 1.807) is 0 Å². The maximum absolute atomic E-state index is 14.3. The number of cyclic esters (lactones) is 1. The molecule has 0 radical (unpaired) electrons. The lowest BCUT2D eigenvalue weighted by molar-refractivity contribution is -0.313. The number of nitrogens with zero attached hydrogens (tertiary/aromatic N) is 2. The molecule has 9 heteroatoms. The average molecular weight is 327 g/mol. The third-order valence-electron chi connectivity index (χ3n) is 3.72. The fourth-order valence-electron chi connectivity index (χ4n) is 2.59. The van der Waals surface area contributed by atoms with Gasteiger partial charge in [0.1, 0.15) is 5.69 Å². The first kappa shape index (κ1) is 15.5. The Labute approximate surface area is 130 Å². The molecular weight excluding hydrogens is 314 g/mol. The zero-order valence-electron chi connectivity index (χ0n) is 12.0. The normalized spacial score (nSPS) is 21.5. The minimum absolute atomic E-state index is 0.106. The monoisotopic (exact) mass is 327 g/mol. The molecule has 2 heterocycles. The molecule has 1 aromatic rings. The van der Waals surface area contributed by atoms with E-state index in [0.29, 0.717) is 26.3 Å². The number of amides is 1. The van der Waals surface area contributed by atoms with Gasteiger partial charge in [0.25, 0.3) is 0 Å². The number of carboxylic acid groups (broad SMARTS) is 1. The van der Waals surface area contributed by atoms with E-state index in [0.717, 1.165) is 17.0 Å². The Morgan fingerprint density at radius 3 is 2.35 bits per heavy atom. The zero-order valence-corrected chi connectivity index (χ0v) is 12.0. The van der Waals surface area contributed by atoms with Gasteiger partial charge in [-0.15, -0.1) is 0 Å². The van der Waals surface area contributed by atoms with Crippen molar-refractivity contribution in [3.05, 3.63) is 23.8 Å². The summed E-state index contributed by atoms with van der Waals surface area (Å²) in [4.78, 5) is 24.8. The fourth-order valence-corrected chi connectivity index (χ4v) is 2.59. The molecule has 1 amide bonds. The van der Waals surface area contributed by atoms with Gasteiger partial charge in [0, 0.05) is 25.2 Å². The van der Waals surface area contributed by atoms with Gasteiger partial charge in [-0.05, 0) is 0 Å². The van der Waals surface area contributed by atoms with E-state index in [2.05, 4.69) is 4.74 Å². The molecule has 7 nitrogen and oxygen atoms in total. The van der Waals surface area contributed by atoms with Crippen LogP contribution in [0.15, 0.2) is 12.1 Å². The first-order valence-corrected chi connectivity index (χ1v) is 6.98. The van der Waals surface area contributed by atoms with E-state index >= 15 is 0 Å². The topological polar surface area (TPSA) is 82.1 Å². The fraction of sp³-hybridized carbons (Fsp3) is 0.429. The molecular formula is C14H13F2N2O5-. The highest BCUT2D eigenvalue weighted by atomic mass is 19.1. The number of ether oxygens (including phenoxy) is 2. The Morgan fingerprint density at radius 2 is 1.83 bits per heavy atom. The van der Waals surface area contributed by atoms with Crippen molar-refractivity contribution in [3.8, 4) is 0 Å². The molecule has 0 aliphatic carbocycles. The Morgan fingerprint density at radius 1 is 1.22 bits per heavy atom. The second-order valence-electron chi connectivity index (χ2n) is 5.16. The van der Waals surface area contributed by atoms with Crippen molar-refractivity contribution in [2.75, 3.05) is 42.6 Å². The summed E-state index contributed by atoms with van der Waals surface area (Å²) in [6.07, 6.45) is -2.45. The minimum atomic E-state index is -1.56. The summed E-state index contributed by atoms with van der Waals surface area (Å²) in [5.41, 5.74) is -0.299. The lowest BCUT2D eigenvalue weighted by atomic mass is 10.2. The Bertz CT molecular complexity index is 625. The smallest absolute Gasteiger partial charge is 0.415 e. The van der Waals surface area contributed by atoms with Crippen LogP contribution in [-0.4, -0.2) is 51.0 Å². The first-order valence-electron chi connectivity index (χ1n) is 6.98. The molecule has 0 saturated carbocycles. The number of anilines is 2. The number of hydrogen-bond donors (Lipinski definition) is 0. The van der Waals surface area contributed by atoms with Crippen LogP contribution < -0.4 is 14.9 Å². The van der Waals surface area contributed by atoms with Gasteiger partial charge in [-0.2, -0.15) is 0 Å². The maximum Gasteiger partial charge on any atom is 0.415 e. The standard InChI is InChI=1S/C14H14F2N2O5/c15-9-5-8(18-7-11(13(19)20)23-14(18)21)6-10(16)12(9)17-1-3-22-4-2-17/h5-6,11H,1-4,7H2,(H,19,20)/p-1. The quantitative estimate of drug-likeness (QED) is 0.770. The number of carbonyl (C=O) groups excluding carboxylic acids is 2. The van der Waals surface area contributed by atoms with Crippen molar-refractivity contribution >= 4 is 23.4 Å². The lowest BCUT2D eigenvalue weighted by Crippen LogP contribution is -2.38. The van der Waals surface area contributed by atoms with Gasteiger partial charge in [-0.3, -0.25) is 4.90 Å². The number of halogens is 2. The largest absolute Gasteiger partial charge is 0.546 e. The SMILES string of the molecule is O=C([O-])C1CN(c2cc(F)c(N3CCOCC3)c(F)c2)C(=O)O1. The predicted octanol–water partition coefficient (Wildman–Crippen LogP) is -0.123. The molecule has 1 atom stereocenters. The molecule has 23 heavy (non-hydrogen) atoms. The van der Waals surface area contributed by atoms with Crippen LogP contribution in [0.3, 0.4) is 0 Å². The molecule has 0 bridgehead atoms. The number of rotatable bonds is 3. The molecule has 2 fully saturated rings. The van der Waals surface area contributed by atoms with Gasteiger partial charge < -0.3 is 24.3 Å². The van der Waals surface area contributed by atoms with Crippen molar-refractivity contribution in [1.29, 1.82) is 0 Å². The molecule has 0 N–H and O–H groups in total. The maximum atomic E-state index is 14.3. The van der Waals surface area contributed by atoms with E-state index in [1.807, 2.05) is 0 Å².